The number of hydrogen-bond donors (Lipinski definition) is 1. The Bertz CT molecular complexity index is 650. The lowest BCUT2D eigenvalue weighted by atomic mass is 10.0. The predicted molar refractivity (Wildman–Crippen MR) is 98.7 cm³/mol. The van der Waals surface area contributed by atoms with Crippen LogP contribution in [0, 0.1) is 0 Å². The normalized spacial score (nSPS) is 10.7. The summed E-state index contributed by atoms with van der Waals surface area (Å²) in [6.07, 6.45) is 2.24. The lowest BCUT2D eigenvalue weighted by molar-refractivity contribution is 0.102. The lowest BCUT2D eigenvalue weighted by Crippen LogP contribution is -2.21. The Kier molecular flexibility index (Phi) is 6.29. The van der Waals surface area contributed by atoms with E-state index in [2.05, 4.69) is 36.3 Å². The van der Waals surface area contributed by atoms with E-state index in [4.69, 9.17) is 0 Å². The Morgan fingerprint density at radius 3 is 2.38 bits per heavy atom. The number of amides is 1. The Labute approximate surface area is 144 Å². The minimum absolute atomic E-state index is 0.248. The van der Waals surface area contributed by atoms with Gasteiger partial charge in [0.15, 0.2) is 11.5 Å². The van der Waals surface area contributed by atoms with Crippen molar-refractivity contribution in [2.24, 2.45) is 0 Å². The number of carbonyl (C=O) groups excluding carboxylic acids is 1. The van der Waals surface area contributed by atoms with Gasteiger partial charge in [0.1, 0.15) is 0 Å². The van der Waals surface area contributed by atoms with Crippen LogP contribution < -0.4 is 10.2 Å². The van der Waals surface area contributed by atoms with Gasteiger partial charge in [-0.05, 0) is 42.2 Å². The van der Waals surface area contributed by atoms with Gasteiger partial charge in [-0.15, -0.1) is 10.2 Å². The molecule has 0 saturated carbocycles. The van der Waals surface area contributed by atoms with Gasteiger partial charge in [-0.25, -0.2) is 0 Å². The van der Waals surface area contributed by atoms with E-state index in [9.17, 15) is 4.79 Å². The van der Waals surface area contributed by atoms with E-state index >= 15 is 0 Å². The van der Waals surface area contributed by atoms with E-state index in [1.54, 1.807) is 6.07 Å². The number of aromatic nitrogens is 2. The van der Waals surface area contributed by atoms with Crippen molar-refractivity contribution in [3.8, 4) is 0 Å². The molecule has 5 heteroatoms. The van der Waals surface area contributed by atoms with Crippen molar-refractivity contribution in [1.29, 1.82) is 0 Å². The second-order valence-corrected chi connectivity index (χ2v) is 6.28. The summed E-state index contributed by atoms with van der Waals surface area (Å²) in [7, 11) is 1.98. The summed E-state index contributed by atoms with van der Waals surface area (Å²) >= 11 is 0. The number of nitrogens with zero attached hydrogens (tertiary/aromatic N) is 3. The van der Waals surface area contributed by atoms with Gasteiger partial charge in [-0.3, -0.25) is 4.79 Å². The summed E-state index contributed by atoms with van der Waals surface area (Å²) in [4.78, 5) is 14.3. The molecule has 1 aromatic heterocycles. The minimum Gasteiger partial charge on any atom is -0.358 e. The molecule has 0 atom stereocenters. The molecule has 128 valence electrons. The van der Waals surface area contributed by atoms with Crippen LogP contribution in [0.3, 0.4) is 0 Å². The van der Waals surface area contributed by atoms with E-state index in [1.165, 1.54) is 5.56 Å². The van der Waals surface area contributed by atoms with Gasteiger partial charge in [0.05, 0.1) is 0 Å². The first-order valence-corrected chi connectivity index (χ1v) is 8.47. The summed E-state index contributed by atoms with van der Waals surface area (Å²) in [5, 5.41) is 11.0. The summed E-state index contributed by atoms with van der Waals surface area (Å²) in [5.41, 5.74) is 2.32. The average Bonchev–Trinajstić information content (AvgIpc) is 2.60. The third-order valence-electron chi connectivity index (χ3n) is 3.96. The lowest BCUT2D eigenvalue weighted by Gasteiger charge is -2.16. The molecule has 0 radical (unpaired) electrons. The number of carbonyl (C=O) groups is 1. The highest BCUT2D eigenvalue weighted by Crippen LogP contribution is 2.17. The molecule has 0 bridgehead atoms. The minimum atomic E-state index is -0.248. The van der Waals surface area contributed by atoms with Crippen molar-refractivity contribution < 1.29 is 4.79 Å². The van der Waals surface area contributed by atoms with E-state index in [0.29, 0.717) is 11.6 Å². The SMILES string of the molecule is CCCCN(C)c1ccc(C(=O)Nc2ccc(C(C)C)cc2)nn1. The number of hydrogen-bond acceptors (Lipinski definition) is 4. The van der Waals surface area contributed by atoms with Gasteiger partial charge >= 0.3 is 0 Å². The van der Waals surface area contributed by atoms with Gasteiger partial charge in [-0.1, -0.05) is 39.3 Å². The molecule has 1 N–H and O–H groups in total. The Hall–Kier alpha value is -2.43. The maximum absolute atomic E-state index is 12.3. The molecule has 0 saturated heterocycles. The zero-order valence-corrected chi connectivity index (χ0v) is 14.9. The molecule has 24 heavy (non-hydrogen) atoms. The quantitative estimate of drug-likeness (QED) is 0.832. The molecular formula is C19H26N4O. The van der Waals surface area contributed by atoms with E-state index in [1.807, 2.05) is 42.3 Å². The smallest absolute Gasteiger partial charge is 0.276 e. The van der Waals surface area contributed by atoms with Gasteiger partial charge in [-0.2, -0.15) is 0 Å². The second-order valence-electron chi connectivity index (χ2n) is 6.28. The summed E-state index contributed by atoms with van der Waals surface area (Å²) in [6, 6.07) is 11.4. The maximum Gasteiger partial charge on any atom is 0.276 e. The largest absolute Gasteiger partial charge is 0.358 e. The van der Waals surface area contributed by atoms with Crippen molar-refractivity contribution in [3.05, 3.63) is 47.7 Å². The van der Waals surface area contributed by atoms with Crippen molar-refractivity contribution in [2.45, 2.75) is 39.5 Å². The molecule has 2 aromatic rings. The van der Waals surface area contributed by atoms with Gasteiger partial charge < -0.3 is 10.2 Å². The molecule has 2 rings (SSSR count). The van der Waals surface area contributed by atoms with Crippen molar-refractivity contribution in [1.82, 2.24) is 10.2 Å². The van der Waals surface area contributed by atoms with Crippen LogP contribution in [0.5, 0.6) is 0 Å². The van der Waals surface area contributed by atoms with Crippen LogP contribution in [0.4, 0.5) is 11.5 Å². The van der Waals surface area contributed by atoms with Crippen molar-refractivity contribution in [2.75, 3.05) is 23.8 Å². The predicted octanol–water partition coefficient (Wildman–Crippen LogP) is 4.09. The highest BCUT2D eigenvalue weighted by atomic mass is 16.1. The molecular weight excluding hydrogens is 300 g/mol. The van der Waals surface area contributed by atoms with E-state index < -0.39 is 0 Å². The fourth-order valence-electron chi connectivity index (χ4n) is 2.31. The number of rotatable bonds is 7. The summed E-state index contributed by atoms with van der Waals surface area (Å²) in [6.45, 7) is 7.37. The zero-order chi connectivity index (χ0) is 17.5. The summed E-state index contributed by atoms with van der Waals surface area (Å²) < 4.78 is 0. The van der Waals surface area contributed by atoms with Gasteiger partial charge in [0.2, 0.25) is 0 Å². The van der Waals surface area contributed by atoms with E-state index in [-0.39, 0.29) is 5.91 Å². The highest BCUT2D eigenvalue weighted by Gasteiger charge is 2.10. The molecule has 0 aliphatic carbocycles. The zero-order valence-electron chi connectivity index (χ0n) is 14.9. The fourth-order valence-corrected chi connectivity index (χ4v) is 2.31. The Morgan fingerprint density at radius 1 is 1.12 bits per heavy atom. The molecule has 0 fully saturated rings. The molecule has 0 aliphatic heterocycles. The maximum atomic E-state index is 12.3. The first kappa shape index (κ1) is 17.9. The molecule has 5 nitrogen and oxygen atoms in total. The molecule has 1 amide bonds. The third kappa shape index (κ3) is 4.78. The van der Waals surface area contributed by atoms with Crippen molar-refractivity contribution in [3.63, 3.8) is 0 Å². The number of anilines is 2. The molecule has 1 aromatic carbocycles. The molecule has 0 aliphatic rings. The number of unbranched alkanes of at least 4 members (excludes halogenated alkanes) is 1. The monoisotopic (exact) mass is 326 g/mol. The highest BCUT2D eigenvalue weighted by molar-refractivity contribution is 6.02. The fraction of sp³-hybridized carbons (Fsp3) is 0.421. The van der Waals surface area contributed by atoms with E-state index in [0.717, 1.165) is 30.9 Å². The van der Waals surface area contributed by atoms with Crippen LogP contribution in [0.15, 0.2) is 36.4 Å². The second kappa shape index (κ2) is 8.43. The third-order valence-corrected chi connectivity index (χ3v) is 3.96. The molecule has 0 spiro atoms. The number of benzene rings is 1. The standard InChI is InChI=1S/C19H26N4O/c1-5-6-13-23(4)18-12-11-17(21-22-18)19(24)20-16-9-7-15(8-10-16)14(2)3/h7-12,14H,5-6,13H2,1-4H3,(H,20,24). The van der Waals surface area contributed by atoms with Crippen LogP contribution in [0.2, 0.25) is 0 Å². The average molecular weight is 326 g/mol. The first-order chi connectivity index (χ1) is 11.5. The van der Waals surface area contributed by atoms with Crippen LogP contribution >= 0.6 is 0 Å². The first-order valence-electron chi connectivity index (χ1n) is 8.47. The van der Waals surface area contributed by atoms with Crippen LogP contribution in [-0.4, -0.2) is 29.7 Å². The molecule has 0 unspecified atom stereocenters. The van der Waals surface area contributed by atoms with Crippen LogP contribution in [0.1, 0.15) is 55.6 Å². The van der Waals surface area contributed by atoms with Gasteiger partial charge in [0, 0.05) is 19.3 Å². The Balaban J connectivity index is 1.99. The number of nitrogens with one attached hydrogen (secondary N) is 1. The van der Waals surface area contributed by atoms with Crippen LogP contribution in [-0.2, 0) is 0 Å². The molecule has 1 heterocycles. The van der Waals surface area contributed by atoms with Gasteiger partial charge in [0.25, 0.3) is 5.91 Å². The van der Waals surface area contributed by atoms with Crippen molar-refractivity contribution >= 4 is 17.4 Å². The topological polar surface area (TPSA) is 58.1 Å². The van der Waals surface area contributed by atoms with Crippen LogP contribution in [0.25, 0.3) is 0 Å². The Morgan fingerprint density at radius 2 is 1.83 bits per heavy atom. The summed E-state index contributed by atoms with van der Waals surface area (Å²) in [5.74, 6) is 1.00.